The summed E-state index contributed by atoms with van der Waals surface area (Å²) in [4.78, 5) is 36.2. The minimum absolute atomic E-state index is 0.209. The molecule has 0 aromatic heterocycles. The topological polar surface area (TPSA) is 95.5 Å². The Balaban J connectivity index is 1.68. The standard InChI is InChI=1S/C22H22N2O4/c1-14-13-16(23-21(26)17-9-5-6-10-18(17)22(27)28)11-12-19(14)24-20(25)15-7-3-2-4-8-15/h2-8,11-13,17-18H,9-10H2,1H3,(H,23,26)(H,24,25)(H,27,28)/t17-,18+/m1/s1. The van der Waals surface area contributed by atoms with Crippen LogP contribution in [0.5, 0.6) is 0 Å². The van der Waals surface area contributed by atoms with Crippen molar-refractivity contribution in [3.05, 3.63) is 71.8 Å². The molecule has 0 aliphatic heterocycles. The van der Waals surface area contributed by atoms with E-state index in [4.69, 9.17) is 0 Å². The van der Waals surface area contributed by atoms with Crippen molar-refractivity contribution in [1.82, 2.24) is 0 Å². The minimum atomic E-state index is -0.959. The number of allylic oxidation sites excluding steroid dienone is 2. The molecule has 0 bridgehead atoms. The van der Waals surface area contributed by atoms with E-state index < -0.39 is 17.8 Å². The Kier molecular flexibility index (Phi) is 5.89. The van der Waals surface area contributed by atoms with Crippen molar-refractivity contribution in [2.75, 3.05) is 10.6 Å². The van der Waals surface area contributed by atoms with Gasteiger partial charge < -0.3 is 15.7 Å². The van der Waals surface area contributed by atoms with Gasteiger partial charge in [0.2, 0.25) is 5.91 Å². The number of aryl methyl sites for hydroxylation is 1. The Bertz CT molecular complexity index is 921. The summed E-state index contributed by atoms with van der Waals surface area (Å²) < 4.78 is 0. The highest BCUT2D eigenvalue weighted by Crippen LogP contribution is 2.28. The Labute approximate surface area is 163 Å². The monoisotopic (exact) mass is 378 g/mol. The maximum Gasteiger partial charge on any atom is 0.307 e. The highest BCUT2D eigenvalue weighted by molar-refractivity contribution is 6.05. The van der Waals surface area contributed by atoms with Crippen LogP contribution in [-0.4, -0.2) is 22.9 Å². The van der Waals surface area contributed by atoms with Gasteiger partial charge in [-0.15, -0.1) is 0 Å². The van der Waals surface area contributed by atoms with Crippen molar-refractivity contribution in [2.45, 2.75) is 19.8 Å². The van der Waals surface area contributed by atoms with E-state index in [0.29, 0.717) is 29.8 Å². The fraction of sp³-hybridized carbons (Fsp3) is 0.227. The fourth-order valence-electron chi connectivity index (χ4n) is 3.28. The molecule has 6 nitrogen and oxygen atoms in total. The molecular weight excluding hydrogens is 356 g/mol. The van der Waals surface area contributed by atoms with Crippen LogP contribution in [0.4, 0.5) is 11.4 Å². The zero-order valence-electron chi connectivity index (χ0n) is 15.5. The maximum absolute atomic E-state index is 12.6. The van der Waals surface area contributed by atoms with E-state index in [2.05, 4.69) is 10.6 Å². The van der Waals surface area contributed by atoms with Crippen LogP contribution in [0, 0.1) is 18.8 Å². The van der Waals surface area contributed by atoms with Gasteiger partial charge in [0.1, 0.15) is 0 Å². The first-order valence-electron chi connectivity index (χ1n) is 9.11. The third-order valence-electron chi connectivity index (χ3n) is 4.86. The van der Waals surface area contributed by atoms with E-state index in [1.165, 1.54) is 0 Å². The van der Waals surface area contributed by atoms with Crippen molar-refractivity contribution in [3.63, 3.8) is 0 Å². The van der Waals surface area contributed by atoms with Crippen LogP contribution in [0.1, 0.15) is 28.8 Å². The van der Waals surface area contributed by atoms with Crippen LogP contribution < -0.4 is 10.6 Å². The van der Waals surface area contributed by atoms with Gasteiger partial charge in [-0.25, -0.2) is 0 Å². The average molecular weight is 378 g/mol. The lowest BCUT2D eigenvalue weighted by Crippen LogP contribution is -2.34. The summed E-state index contributed by atoms with van der Waals surface area (Å²) in [6, 6.07) is 14.1. The van der Waals surface area contributed by atoms with E-state index in [1.54, 1.807) is 48.5 Å². The van der Waals surface area contributed by atoms with E-state index in [0.717, 1.165) is 5.56 Å². The molecule has 0 saturated heterocycles. The van der Waals surface area contributed by atoms with E-state index in [-0.39, 0.29) is 11.8 Å². The zero-order chi connectivity index (χ0) is 20.1. The molecule has 2 atom stereocenters. The van der Waals surface area contributed by atoms with Crippen LogP contribution in [-0.2, 0) is 9.59 Å². The van der Waals surface area contributed by atoms with Crippen molar-refractivity contribution in [3.8, 4) is 0 Å². The molecule has 28 heavy (non-hydrogen) atoms. The second kappa shape index (κ2) is 8.52. The summed E-state index contributed by atoms with van der Waals surface area (Å²) >= 11 is 0. The van der Waals surface area contributed by atoms with Gasteiger partial charge in [0.05, 0.1) is 11.8 Å². The van der Waals surface area contributed by atoms with Crippen LogP contribution in [0.2, 0.25) is 0 Å². The molecule has 0 fully saturated rings. The highest BCUT2D eigenvalue weighted by atomic mass is 16.4. The van der Waals surface area contributed by atoms with Gasteiger partial charge in [-0.05, 0) is 55.7 Å². The molecule has 0 radical (unpaired) electrons. The lowest BCUT2D eigenvalue weighted by Gasteiger charge is -2.24. The molecule has 3 rings (SSSR count). The van der Waals surface area contributed by atoms with Gasteiger partial charge in [-0.3, -0.25) is 14.4 Å². The molecule has 2 aromatic carbocycles. The normalized spacial score (nSPS) is 18.3. The number of carboxylic acids is 1. The third-order valence-corrected chi connectivity index (χ3v) is 4.86. The van der Waals surface area contributed by atoms with Gasteiger partial charge in [0.15, 0.2) is 0 Å². The first-order valence-corrected chi connectivity index (χ1v) is 9.11. The van der Waals surface area contributed by atoms with Crippen molar-refractivity contribution in [2.24, 2.45) is 11.8 Å². The van der Waals surface area contributed by atoms with Crippen molar-refractivity contribution < 1.29 is 19.5 Å². The number of nitrogens with one attached hydrogen (secondary N) is 2. The average Bonchev–Trinajstić information content (AvgIpc) is 2.70. The summed E-state index contributed by atoms with van der Waals surface area (Å²) in [6.07, 6.45) is 4.41. The molecule has 0 unspecified atom stereocenters. The Morgan fingerprint density at radius 1 is 0.929 bits per heavy atom. The largest absolute Gasteiger partial charge is 0.481 e. The van der Waals surface area contributed by atoms with E-state index >= 15 is 0 Å². The molecule has 0 heterocycles. The van der Waals surface area contributed by atoms with Gasteiger partial charge >= 0.3 is 5.97 Å². The van der Waals surface area contributed by atoms with Crippen LogP contribution in [0.15, 0.2) is 60.7 Å². The van der Waals surface area contributed by atoms with Gasteiger partial charge in [-0.1, -0.05) is 30.4 Å². The Morgan fingerprint density at radius 2 is 1.61 bits per heavy atom. The first kappa shape index (κ1) is 19.4. The number of aliphatic carboxylic acids is 1. The van der Waals surface area contributed by atoms with Gasteiger partial charge in [0.25, 0.3) is 5.91 Å². The first-order chi connectivity index (χ1) is 13.5. The molecule has 6 heteroatoms. The smallest absolute Gasteiger partial charge is 0.307 e. The molecule has 2 aromatic rings. The minimum Gasteiger partial charge on any atom is -0.481 e. The summed E-state index contributed by atoms with van der Waals surface area (Å²) in [6.45, 7) is 1.83. The zero-order valence-corrected chi connectivity index (χ0v) is 15.5. The molecule has 0 spiro atoms. The molecule has 1 aliphatic rings. The number of carboxylic acid groups (broad SMARTS) is 1. The van der Waals surface area contributed by atoms with Crippen LogP contribution in [0.25, 0.3) is 0 Å². The number of amides is 2. The number of hydrogen-bond acceptors (Lipinski definition) is 3. The summed E-state index contributed by atoms with van der Waals surface area (Å²) in [5.41, 5.74) is 2.57. The predicted molar refractivity (Wildman–Crippen MR) is 107 cm³/mol. The highest BCUT2D eigenvalue weighted by Gasteiger charge is 2.33. The molecule has 3 N–H and O–H groups in total. The van der Waals surface area contributed by atoms with E-state index in [9.17, 15) is 19.5 Å². The van der Waals surface area contributed by atoms with Crippen LogP contribution in [0.3, 0.4) is 0 Å². The Morgan fingerprint density at radius 3 is 2.25 bits per heavy atom. The number of carbonyl (C=O) groups excluding carboxylic acids is 2. The summed E-state index contributed by atoms with van der Waals surface area (Å²) in [5, 5.41) is 15.0. The fourth-order valence-corrected chi connectivity index (χ4v) is 3.28. The SMILES string of the molecule is Cc1cc(NC(=O)[C@@H]2CC=CC[C@@H]2C(=O)O)ccc1NC(=O)c1ccccc1. The Hall–Kier alpha value is -3.41. The number of carbonyl (C=O) groups is 3. The third kappa shape index (κ3) is 4.46. The molecule has 144 valence electrons. The van der Waals surface area contributed by atoms with Crippen molar-refractivity contribution in [1.29, 1.82) is 0 Å². The lowest BCUT2D eigenvalue weighted by molar-refractivity contribution is -0.146. The molecular formula is C22H22N2O4. The number of hydrogen-bond donors (Lipinski definition) is 3. The number of benzene rings is 2. The molecule has 0 saturated carbocycles. The molecule has 2 amide bonds. The lowest BCUT2D eigenvalue weighted by atomic mass is 9.82. The van der Waals surface area contributed by atoms with Crippen molar-refractivity contribution >= 4 is 29.2 Å². The number of rotatable bonds is 5. The van der Waals surface area contributed by atoms with Crippen LogP contribution >= 0.6 is 0 Å². The maximum atomic E-state index is 12.6. The van der Waals surface area contributed by atoms with E-state index in [1.807, 2.05) is 19.1 Å². The van der Waals surface area contributed by atoms with Gasteiger partial charge in [0, 0.05) is 16.9 Å². The number of anilines is 2. The molecule has 1 aliphatic carbocycles. The second-order valence-corrected chi connectivity index (χ2v) is 6.83. The second-order valence-electron chi connectivity index (χ2n) is 6.83. The quantitative estimate of drug-likeness (QED) is 0.689. The summed E-state index contributed by atoms with van der Waals surface area (Å²) in [5.74, 6) is -2.79. The predicted octanol–water partition coefficient (Wildman–Crippen LogP) is 3.85. The summed E-state index contributed by atoms with van der Waals surface area (Å²) in [7, 11) is 0. The van der Waals surface area contributed by atoms with Gasteiger partial charge in [-0.2, -0.15) is 0 Å².